The van der Waals surface area contributed by atoms with Crippen LogP contribution in [0.5, 0.6) is 0 Å². The molecule has 0 heterocycles. The van der Waals surface area contributed by atoms with E-state index in [0.717, 1.165) is 26.6 Å². The summed E-state index contributed by atoms with van der Waals surface area (Å²) in [7, 11) is 3.03. The number of rotatable bonds is 5. The maximum absolute atomic E-state index is 8.69. The first kappa shape index (κ1) is 14.1. The molecule has 1 aromatic rings. The quantitative estimate of drug-likeness (QED) is 0.756. The molecule has 0 saturated carbocycles. The Morgan fingerprint density at radius 1 is 1.07 bits per heavy atom. The lowest BCUT2D eigenvalue weighted by molar-refractivity contribution is 0.223. The van der Waals surface area contributed by atoms with Gasteiger partial charge in [0.2, 0.25) is 0 Å². The van der Waals surface area contributed by atoms with Crippen LogP contribution in [-0.2, 0) is 6.42 Å². The summed E-state index contributed by atoms with van der Waals surface area (Å²) in [5.74, 6) is 0. The van der Waals surface area contributed by atoms with Gasteiger partial charge >= 0.3 is 0 Å². The van der Waals surface area contributed by atoms with Gasteiger partial charge < -0.3 is 15.1 Å². The summed E-state index contributed by atoms with van der Waals surface area (Å²) in [4.78, 5) is 2.13. The summed E-state index contributed by atoms with van der Waals surface area (Å²) in [5.41, 5.74) is 1.35. The van der Waals surface area contributed by atoms with E-state index in [-0.39, 0.29) is 6.61 Å². The summed E-state index contributed by atoms with van der Waals surface area (Å²) in [6.45, 7) is 2.00. The summed E-state index contributed by atoms with van der Waals surface area (Å²) >= 11 is 0. The molecule has 3 heteroatoms. The summed E-state index contributed by atoms with van der Waals surface area (Å²) in [6.07, 6.45) is 1.05. The van der Waals surface area contributed by atoms with E-state index >= 15 is 0 Å². The fourth-order valence-corrected chi connectivity index (χ4v) is 1.25. The molecule has 0 aliphatic carbocycles. The van der Waals surface area contributed by atoms with Gasteiger partial charge in [0, 0.05) is 20.2 Å². The zero-order valence-corrected chi connectivity index (χ0v) is 9.56. The van der Waals surface area contributed by atoms with Crippen molar-refractivity contribution < 1.29 is 10.2 Å². The molecule has 0 aromatic heterocycles. The highest BCUT2D eigenvalue weighted by Gasteiger charge is 1.97. The van der Waals surface area contributed by atoms with Crippen molar-refractivity contribution in [3.8, 4) is 0 Å². The number of aliphatic hydroxyl groups is 2. The third-order valence-electron chi connectivity index (χ3n) is 2.11. The first-order valence-electron chi connectivity index (χ1n) is 5.11. The Kier molecular flexibility index (Phi) is 9.07. The number of nitrogens with zero attached hydrogens (tertiary/aromatic N) is 1. The molecule has 0 atom stereocenters. The molecule has 15 heavy (non-hydrogen) atoms. The summed E-state index contributed by atoms with van der Waals surface area (Å²) in [6, 6.07) is 10.4. The van der Waals surface area contributed by atoms with Crippen LogP contribution in [0.3, 0.4) is 0 Å². The highest BCUT2D eigenvalue weighted by atomic mass is 16.3. The van der Waals surface area contributed by atoms with E-state index in [1.54, 1.807) is 0 Å². The van der Waals surface area contributed by atoms with Crippen LogP contribution in [0.25, 0.3) is 0 Å². The Morgan fingerprint density at radius 3 is 2.20 bits per heavy atom. The second kappa shape index (κ2) is 9.65. The molecular formula is C12H21NO2. The van der Waals surface area contributed by atoms with E-state index in [1.165, 1.54) is 5.56 Å². The first-order chi connectivity index (χ1) is 7.33. The van der Waals surface area contributed by atoms with Crippen molar-refractivity contribution in [3.63, 3.8) is 0 Å². The van der Waals surface area contributed by atoms with Gasteiger partial charge in [-0.05, 0) is 19.0 Å². The zero-order valence-electron chi connectivity index (χ0n) is 9.56. The Balaban J connectivity index is 0.000000921. The molecule has 0 amide bonds. The average molecular weight is 211 g/mol. The lowest BCUT2D eigenvalue weighted by Crippen LogP contribution is -2.24. The van der Waals surface area contributed by atoms with Crippen molar-refractivity contribution in [2.24, 2.45) is 0 Å². The molecule has 0 aliphatic rings. The van der Waals surface area contributed by atoms with Gasteiger partial charge in [0.15, 0.2) is 0 Å². The first-order valence-corrected chi connectivity index (χ1v) is 5.11. The van der Waals surface area contributed by atoms with Crippen molar-refractivity contribution in [2.45, 2.75) is 6.42 Å². The predicted molar refractivity (Wildman–Crippen MR) is 62.9 cm³/mol. The molecule has 0 radical (unpaired) electrons. The van der Waals surface area contributed by atoms with Crippen LogP contribution < -0.4 is 0 Å². The number of benzene rings is 1. The van der Waals surface area contributed by atoms with Gasteiger partial charge in [0.25, 0.3) is 0 Å². The van der Waals surface area contributed by atoms with Gasteiger partial charge in [-0.3, -0.25) is 0 Å². The molecule has 0 spiro atoms. The van der Waals surface area contributed by atoms with Gasteiger partial charge in [-0.25, -0.2) is 0 Å². The number of likely N-dealkylation sites (N-methyl/N-ethyl adjacent to an activating group) is 1. The maximum atomic E-state index is 8.69. The minimum Gasteiger partial charge on any atom is -0.400 e. The Bertz CT molecular complexity index is 226. The smallest absolute Gasteiger partial charge is 0.0558 e. The topological polar surface area (TPSA) is 43.7 Å². The summed E-state index contributed by atoms with van der Waals surface area (Å²) < 4.78 is 0. The molecule has 0 aliphatic heterocycles. The molecule has 0 unspecified atom stereocenters. The van der Waals surface area contributed by atoms with Crippen LogP contribution in [0.15, 0.2) is 30.3 Å². The molecule has 1 rings (SSSR count). The van der Waals surface area contributed by atoms with Gasteiger partial charge in [0.05, 0.1) is 6.61 Å². The monoisotopic (exact) mass is 211 g/mol. The van der Waals surface area contributed by atoms with Crippen molar-refractivity contribution in [2.75, 3.05) is 33.9 Å². The second-order valence-corrected chi connectivity index (χ2v) is 3.26. The molecule has 2 N–H and O–H groups in total. The van der Waals surface area contributed by atoms with E-state index in [1.807, 2.05) is 13.1 Å². The lowest BCUT2D eigenvalue weighted by atomic mass is 10.1. The van der Waals surface area contributed by atoms with Crippen LogP contribution in [-0.4, -0.2) is 49.0 Å². The molecule has 86 valence electrons. The largest absolute Gasteiger partial charge is 0.400 e. The van der Waals surface area contributed by atoms with Crippen molar-refractivity contribution >= 4 is 0 Å². The number of hydrogen-bond donors (Lipinski definition) is 2. The minimum atomic E-state index is 0.241. The normalized spacial score (nSPS) is 9.67. The van der Waals surface area contributed by atoms with E-state index in [2.05, 4.69) is 29.2 Å². The van der Waals surface area contributed by atoms with Gasteiger partial charge in [-0.2, -0.15) is 0 Å². The highest BCUT2D eigenvalue weighted by molar-refractivity contribution is 5.14. The third kappa shape index (κ3) is 7.08. The molecule has 0 fully saturated rings. The number of aliphatic hydroxyl groups excluding tert-OH is 2. The standard InChI is InChI=1S/C11H17NO.CH4O/c1-12(9-10-13)8-7-11-5-3-2-4-6-11;1-2/h2-6,13H,7-10H2,1H3;2H,1H3. The van der Waals surface area contributed by atoms with E-state index in [4.69, 9.17) is 10.2 Å². The fraction of sp³-hybridized carbons (Fsp3) is 0.500. The SMILES string of the molecule is CN(CCO)CCc1ccccc1.CO. The van der Waals surface area contributed by atoms with E-state index in [0.29, 0.717) is 0 Å². The fourth-order valence-electron chi connectivity index (χ4n) is 1.25. The van der Waals surface area contributed by atoms with Gasteiger partial charge in [-0.15, -0.1) is 0 Å². The molecule has 0 saturated heterocycles. The van der Waals surface area contributed by atoms with E-state index < -0.39 is 0 Å². The van der Waals surface area contributed by atoms with Crippen molar-refractivity contribution in [1.82, 2.24) is 4.90 Å². The van der Waals surface area contributed by atoms with Crippen LogP contribution >= 0.6 is 0 Å². The predicted octanol–water partition coefficient (Wildman–Crippen LogP) is 0.762. The van der Waals surface area contributed by atoms with Gasteiger partial charge in [0.1, 0.15) is 0 Å². The molecule has 1 aromatic carbocycles. The molecule has 3 nitrogen and oxygen atoms in total. The molecule has 0 bridgehead atoms. The average Bonchev–Trinajstić information content (AvgIpc) is 2.31. The summed E-state index contributed by atoms with van der Waals surface area (Å²) in [5, 5.41) is 15.7. The van der Waals surface area contributed by atoms with Crippen molar-refractivity contribution in [3.05, 3.63) is 35.9 Å². The minimum absolute atomic E-state index is 0.241. The Hall–Kier alpha value is -0.900. The van der Waals surface area contributed by atoms with Crippen LogP contribution in [0.2, 0.25) is 0 Å². The van der Waals surface area contributed by atoms with Crippen LogP contribution in [0.4, 0.5) is 0 Å². The van der Waals surface area contributed by atoms with Crippen LogP contribution in [0, 0.1) is 0 Å². The third-order valence-corrected chi connectivity index (χ3v) is 2.11. The number of hydrogen-bond acceptors (Lipinski definition) is 3. The van der Waals surface area contributed by atoms with Crippen molar-refractivity contribution in [1.29, 1.82) is 0 Å². The maximum Gasteiger partial charge on any atom is 0.0558 e. The highest BCUT2D eigenvalue weighted by Crippen LogP contribution is 1.99. The zero-order chi connectivity index (χ0) is 11.5. The lowest BCUT2D eigenvalue weighted by Gasteiger charge is -2.14. The molecular weight excluding hydrogens is 190 g/mol. The Morgan fingerprint density at radius 2 is 1.67 bits per heavy atom. The Labute approximate surface area is 92.0 Å². The second-order valence-electron chi connectivity index (χ2n) is 3.26. The van der Waals surface area contributed by atoms with E-state index in [9.17, 15) is 0 Å². The van der Waals surface area contributed by atoms with Gasteiger partial charge in [-0.1, -0.05) is 30.3 Å². The van der Waals surface area contributed by atoms with Crippen LogP contribution in [0.1, 0.15) is 5.56 Å².